The highest BCUT2D eigenvalue weighted by atomic mass is 35.5. The zero-order chi connectivity index (χ0) is 18.3. The molecule has 4 rings (SSSR count). The second-order valence-electron chi connectivity index (χ2n) is 6.03. The van der Waals surface area contributed by atoms with Gasteiger partial charge in [-0.25, -0.2) is 9.97 Å². The zero-order valence-electron chi connectivity index (χ0n) is 14.2. The lowest BCUT2D eigenvalue weighted by Gasteiger charge is -2.11. The van der Waals surface area contributed by atoms with Crippen molar-refractivity contribution in [2.45, 2.75) is 13.8 Å². The largest absolute Gasteiger partial charge is 0.339 e. The van der Waals surface area contributed by atoms with Crippen LogP contribution in [0.1, 0.15) is 10.4 Å². The minimum atomic E-state index is 0.683. The van der Waals surface area contributed by atoms with Crippen molar-refractivity contribution in [2.24, 2.45) is 0 Å². The molecule has 0 saturated heterocycles. The van der Waals surface area contributed by atoms with Crippen LogP contribution in [0, 0.1) is 13.8 Å². The predicted molar refractivity (Wildman–Crippen MR) is 112 cm³/mol. The second kappa shape index (κ2) is 6.88. The Labute approximate surface area is 165 Å². The van der Waals surface area contributed by atoms with Crippen LogP contribution in [0.15, 0.2) is 48.8 Å². The minimum absolute atomic E-state index is 0.683. The summed E-state index contributed by atoms with van der Waals surface area (Å²) in [5.41, 5.74) is 4.26. The van der Waals surface area contributed by atoms with Crippen molar-refractivity contribution in [1.29, 1.82) is 0 Å². The summed E-state index contributed by atoms with van der Waals surface area (Å²) in [6.07, 6.45) is 1.59. The lowest BCUT2D eigenvalue weighted by Crippen LogP contribution is -1.97. The molecule has 0 spiro atoms. The number of fused-ring (bicyclic) bond motifs is 1. The Hall–Kier alpha value is -2.14. The molecule has 0 bridgehead atoms. The van der Waals surface area contributed by atoms with Gasteiger partial charge in [0.2, 0.25) is 0 Å². The van der Waals surface area contributed by atoms with Crippen LogP contribution in [0.2, 0.25) is 10.0 Å². The molecule has 0 aliphatic rings. The summed E-state index contributed by atoms with van der Waals surface area (Å²) in [5.74, 6) is 0.773. The van der Waals surface area contributed by atoms with Gasteiger partial charge in [-0.15, -0.1) is 11.3 Å². The van der Waals surface area contributed by atoms with Gasteiger partial charge in [0, 0.05) is 26.2 Å². The fourth-order valence-corrected chi connectivity index (χ4v) is 4.27. The first-order valence-electron chi connectivity index (χ1n) is 8.06. The van der Waals surface area contributed by atoms with Gasteiger partial charge in [0.15, 0.2) is 0 Å². The maximum atomic E-state index is 6.16. The molecule has 6 heteroatoms. The van der Waals surface area contributed by atoms with Gasteiger partial charge in [0.1, 0.15) is 17.0 Å². The number of aromatic nitrogens is 2. The van der Waals surface area contributed by atoms with Crippen molar-refractivity contribution in [3.63, 3.8) is 0 Å². The van der Waals surface area contributed by atoms with Crippen LogP contribution in [0.3, 0.4) is 0 Å². The van der Waals surface area contributed by atoms with Gasteiger partial charge in [-0.1, -0.05) is 41.4 Å². The van der Waals surface area contributed by atoms with E-state index in [9.17, 15) is 0 Å². The first-order valence-corrected chi connectivity index (χ1v) is 9.63. The first kappa shape index (κ1) is 17.3. The molecule has 26 heavy (non-hydrogen) atoms. The minimum Gasteiger partial charge on any atom is -0.339 e. The van der Waals surface area contributed by atoms with Crippen LogP contribution in [0.25, 0.3) is 21.3 Å². The molecule has 1 N–H and O–H groups in total. The molecule has 2 aromatic heterocycles. The van der Waals surface area contributed by atoms with E-state index in [2.05, 4.69) is 22.2 Å². The molecule has 0 radical (unpaired) electrons. The van der Waals surface area contributed by atoms with E-state index >= 15 is 0 Å². The molecule has 2 heterocycles. The van der Waals surface area contributed by atoms with Crippen LogP contribution >= 0.6 is 34.5 Å². The van der Waals surface area contributed by atoms with Crippen molar-refractivity contribution < 1.29 is 0 Å². The Morgan fingerprint density at radius 1 is 0.923 bits per heavy atom. The normalized spacial score (nSPS) is 11.1. The summed E-state index contributed by atoms with van der Waals surface area (Å²) in [7, 11) is 0. The van der Waals surface area contributed by atoms with Gasteiger partial charge in [-0.3, -0.25) is 0 Å². The van der Waals surface area contributed by atoms with Crippen molar-refractivity contribution in [1.82, 2.24) is 9.97 Å². The molecule has 0 aliphatic carbocycles. The molecular formula is C20H15Cl2N3S. The average Bonchev–Trinajstić information content (AvgIpc) is 2.96. The highest BCUT2D eigenvalue weighted by Gasteiger charge is 2.17. The lowest BCUT2D eigenvalue weighted by atomic mass is 10.0. The maximum absolute atomic E-state index is 6.16. The summed E-state index contributed by atoms with van der Waals surface area (Å²) in [6, 6.07) is 13.6. The summed E-state index contributed by atoms with van der Waals surface area (Å²) in [5, 5.41) is 5.85. The van der Waals surface area contributed by atoms with Crippen molar-refractivity contribution in [2.75, 3.05) is 5.32 Å². The van der Waals surface area contributed by atoms with Gasteiger partial charge in [-0.05, 0) is 49.2 Å². The Balaban J connectivity index is 1.90. The smallest absolute Gasteiger partial charge is 0.143 e. The highest BCUT2D eigenvalue weighted by Crippen LogP contribution is 2.41. The molecule has 0 fully saturated rings. The van der Waals surface area contributed by atoms with Crippen LogP contribution in [0.5, 0.6) is 0 Å². The monoisotopic (exact) mass is 399 g/mol. The van der Waals surface area contributed by atoms with E-state index < -0.39 is 0 Å². The number of anilines is 2. The third-order valence-corrected chi connectivity index (χ3v) is 5.75. The number of nitrogens with zero attached hydrogens (tertiary/aromatic N) is 2. The average molecular weight is 400 g/mol. The number of hydrogen-bond acceptors (Lipinski definition) is 4. The Morgan fingerprint density at radius 3 is 2.42 bits per heavy atom. The van der Waals surface area contributed by atoms with E-state index in [-0.39, 0.29) is 0 Å². The number of aryl methyl sites for hydroxylation is 2. The number of halogens is 2. The van der Waals surface area contributed by atoms with Crippen molar-refractivity contribution >= 4 is 56.3 Å². The number of thiophene rings is 1. The highest BCUT2D eigenvalue weighted by molar-refractivity contribution is 7.19. The summed E-state index contributed by atoms with van der Waals surface area (Å²) in [6.45, 7) is 4.14. The molecule has 3 nitrogen and oxygen atoms in total. The zero-order valence-corrected chi connectivity index (χ0v) is 16.5. The summed E-state index contributed by atoms with van der Waals surface area (Å²) in [4.78, 5) is 11.1. The van der Waals surface area contributed by atoms with Gasteiger partial charge >= 0.3 is 0 Å². The fourth-order valence-electron chi connectivity index (χ4n) is 2.96. The van der Waals surface area contributed by atoms with E-state index in [4.69, 9.17) is 23.2 Å². The maximum Gasteiger partial charge on any atom is 0.143 e. The molecule has 0 unspecified atom stereocenters. The number of benzene rings is 2. The second-order valence-corrected chi connectivity index (χ2v) is 8.10. The standard InChI is InChI=1S/C20H15Cl2N3S/c1-11-3-6-15(22)9-16(11)25-19-18-17(13-4-7-14(21)8-5-13)12(2)26-20(18)24-10-23-19/h3-10H,1-2H3,(H,23,24,25). The molecule has 0 amide bonds. The van der Waals surface area contributed by atoms with E-state index in [1.165, 1.54) is 4.88 Å². The third-order valence-electron chi connectivity index (χ3n) is 4.25. The predicted octanol–water partition coefficient (Wildman–Crippen LogP) is 7.03. The number of nitrogens with one attached hydrogen (secondary N) is 1. The van der Waals surface area contributed by atoms with Crippen molar-refractivity contribution in [3.8, 4) is 11.1 Å². The van der Waals surface area contributed by atoms with Crippen LogP contribution in [0.4, 0.5) is 11.5 Å². The first-order chi connectivity index (χ1) is 12.5. The molecule has 0 aliphatic heterocycles. The van der Waals surface area contributed by atoms with Gasteiger partial charge < -0.3 is 5.32 Å². The van der Waals surface area contributed by atoms with E-state index in [1.54, 1.807) is 17.7 Å². The van der Waals surface area contributed by atoms with E-state index in [0.29, 0.717) is 5.02 Å². The molecule has 4 aromatic rings. The van der Waals surface area contributed by atoms with Crippen LogP contribution < -0.4 is 5.32 Å². The number of hydrogen-bond donors (Lipinski definition) is 1. The van der Waals surface area contributed by atoms with Crippen LogP contribution in [-0.4, -0.2) is 9.97 Å². The van der Waals surface area contributed by atoms with Crippen LogP contribution in [-0.2, 0) is 0 Å². The topological polar surface area (TPSA) is 37.8 Å². The molecule has 0 saturated carbocycles. The summed E-state index contributed by atoms with van der Waals surface area (Å²) >= 11 is 13.9. The Bertz CT molecular complexity index is 1100. The molecule has 130 valence electrons. The Kier molecular flexibility index (Phi) is 4.57. The molecular weight excluding hydrogens is 385 g/mol. The van der Waals surface area contributed by atoms with E-state index in [0.717, 1.165) is 43.4 Å². The van der Waals surface area contributed by atoms with Gasteiger partial charge in [0.05, 0.1) is 5.39 Å². The lowest BCUT2D eigenvalue weighted by molar-refractivity contribution is 1.23. The fraction of sp³-hybridized carbons (Fsp3) is 0.100. The molecule has 2 aromatic carbocycles. The SMILES string of the molecule is Cc1ccc(Cl)cc1Nc1ncnc2sc(C)c(-c3ccc(Cl)cc3)c12. The Morgan fingerprint density at radius 2 is 1.65 bits per heavy atom. The summed E-state index contributed by atoms with van der Waals surface area (Å²) < 4.78 is 0. The van der Waals surface area contributed by atoms with Gasteiger partial charge in [-0.2, -0.15) is 0 Å². The quantitative estimate of drug-likeness (QED) is 0.401. The number of rotatable bonds is 3. The third kappa shape index (κ3) is 3.16. The molecule has 0 atom stereocenters. The van der Waals surface area contributed by atoms with E-state index in [1.807, 2.05) is 49.4 Å². The van der Waals surface area contributed by atoms with Gasteiger partial charge in [0.25, 0.3) is 0 Å². The van der Waals surface area contributed by atoms with Crippen molar-refractivity contribution in [3.05, 3.63) is 69.3 Å².